The van der Waals surface area contributed by atoms with E-state index in [-0.39, 0.29) is 24.2 Å². The topological polar surface area (TPSA) is 108 Å². The van der Waals surface area contributed by atoms with Crippen molar-refractivity contribution < 1.29 is 14.8 Å². The molecule has 1 rings (SSSR count). The molecule has 0 unspecified atom stereocenters. The zero-order chi connectivity index (χ0) is 14.5. The number of oxime groups is 1. The standard InChI is InChI=1S/C12H22N4O3/c1-3-12(4-2,10(13)15-19)11(18)16-7-5-6-14-9(17)8-16/h19H,3-8H2,1-2H3,(H2,13,15)(H,14,17). The predicted octanol–water partition coefficient (Wildman–Crippen LogP) is -0.112. The molecule has 0 bridgehead atoms. The summed E-state index contributed by atoms with van der Waals surface area (Å²) in [5.41, 5.74) is 4.68. The summed E-state index contributed by atoms with van der Waals surface area (Å²) in [5, 5.41) is 14.6. The number of hydrogen-bond donors (Lipinski definition) is 3. The van der Waals surface area contributed by atoms with Gasteiger partial charge in [0.25, 0.3) is 0 Å². The summed E-state index contributed by atoms with van der Waals surface area (Å²) in [6.45, 7) is 4.73. The molecule has 108 valence electrons. The van der Waals surface area contributed by atoms with E-state index in [1.165, 1.54) is 4.90 Å². The number of nitrogens with two attached hydrogens (primary N) is 1. The summed E-state index contributed by atoms with van der Waals surface area (Å²) in [4.78, 5) is 25.7. The van der Waals surface area contributed by atoms with Crippen molar-refractivity contribution in [2.45, 2.75) is 33.1 Å². The van der Waals surface area contributed by atoms with E-state index in [0.29, 0.717) is 32.4 Å². The molecule has 1 saturated heterocycles. The number of amidine groups is 1. The maximum atomic E-state index is 12.7. The van der Waals surface area contributed by atoms with Gasteiger partial charge in [0.05, 0.1) is 6.54 Å². The van der Waals surface area contributed by atoms with Crippen molar-refractivity contribution in [1.82, 2.24) is 10.2 Å². The van der Waals surface area contributed by atoms with Gasteiger partial charge in [-0.3, -0.25) is 9.59 Å². The van der Waals surface area contributed by atoms with E-state index in [4.69, 9.17) is 10.9 Å². The third-order valence-electron chi connectivity index (χ3n) is 3.76. The molecule has 0 aliphatic carbocycles. The monoisotopic (exact) mass is 270 g/mol. The van der Waals surface area contributed by atoms with Gasteiger partial charge in [-0.2, -0.15) is 0 Å². The molecule has 0 atom stereocenters. The third kappa shape index (κ3) is 2.97. The fourth-order valence-electron chi connectivity index (χ4n) is 2.40. The third-order valence-corrected chi connectivity index (χ3v) is 3.76. The zero-order valence-corrected chi connectivity index (χ0v) is 11.5. The van der Waals surface area contributed by atoms with Crippen LogP contribution in [0, 0.1) is 5.41 Å². The van der Waals surface area contributed by atoms with Gasteiger partial charge in [0.2, 0.25) is 11.8 Å². The zero-order valence-electron chi connectivity index (χ0n) is 11.5. The highest BCUT2D eigenvalue weighted by molar-refractivity contribution is 6.07. The molecule has 7 nitrogen and oxygen atoms in total. The van der Waals surface area contributed by atoms with Gasteiger partial charge in [0.15, 0.2) is 5.84 Å². The van der Waals surface area contributed by atoms with Crippen molar-refractivity contribution in [3.05, 3.63) is 0 Å². The SMILES string of the molecule is CCC(CC)(C(=O)N1CCCNC(=O)C1)C(N)=NO. The second-order valence-electron chi connectivity index (χ2n) is 4.70. The summed E-state index contributed by atoms with van der Waals surface area (Å²) >= 11 is 0. The van der Waals surface area contributed by atoms with Gasteiger partial charge in [-0.15, -0.1) is 0 Å². The molecule has 19 heavy (non-hydrogen) atoms. The van der Waals surface area contributed by atoms with Crippen molar-refractivity contribution in [1.29, 1.82) is 0 Å². The van der Waals surface area contributed by atoms with Crippen LogP contribution in [0.25, 0.3) is 0 Å². The first-order chi connectivity index (χ1) is 9.01. The molecule has 0 aromatic heterocycles. The van der Waals surface area contributed by atoms with Crippen LogP contribution in [0.4, 0.5) is 0 Å². The van der Waals surface area contributed by atoms with Crippen LogP contribution in [0.3, 0.4) is 0 Å². The Balaban J connectivity index is 3.02. The minimum atomic E-state index is -1.03. The molecule has 4 N–H and O–H groups in total. The highest BCUT2D eigenvalue weighted by Gasteiger charge is 2.43. The van der Waals surface area contributed by atoms with Gasteiger partial charge in [-0.05, 0) is 19.3 Å². The molecule has 1 heterocycles. The molecule has 0 aromatic carbocycles. The van der Waals surface area contributed by atoms with E-state index in [1.54, 1.807) is 0 Å². The first-order valence-corrected chi connectivity index (χ1v) is 6.56. The number of nitrogens with one attached hydrogen (secondary N) is 1. The van der Waals surface area contributed by atoms with Gasteiger partial charge < -0.3 is 21.2 Å². The summed E-state index contributed by atoms with van der Waals surface area (Å²) in [6.07, 6.45) is 1.56. The minimum absolute atomic E-state index is 0.0271. The molecule has 0 spiro atoms. The van der Waals surface area contributed by atoms with Crippen LogP contribution < -0.4 is 11.1 Å². The lowest BCUT2D eigenvalue weighted by atomic mass is 9.79. The summed E-state index contributed by atoms with van der Waals surface area (Å²) in [5.74, 6) is -0.511. The van der Waals surface area contributed by atoms with E-state index in [1.807, 2.05) is 13.8 Å². The van der Waals surface area contributed by atoms with Crippen LogP contribution in [-0.4, -0.2) is 47.4 Å². The Bertz CT molecular complexity index is 377. The van der Waals surface area contributed by atoms with Crippen molar-refractivity contribution in [3.8, 4) is 0 Å². The van der Waals surface area contributed by atoms with Crippen LogP contribution in [0.2, 0.25) is 0 Å². The molecule has 0 aromatic rings. The predicted molar refractivity (Wildman–Crippen MR) is 70.6 cm³/mol. The first kappa shape index (κ1) is 15.3. The quantitative estimate of drug-likeness (QED) is 0.286. The molecular weight excluding hydrogens is 248 g/mol. The normalized spacial score (nSPS) is 17.9. The minimum Gasteiger partial charge on any atom is -0.409 e. The molecule has 2 amide bonds. The molecule has 0 saturated carbocycles. The van der Waals surface area contributed by atoms with Gasteiger partial charge >= 0.3 is 0 Å². The number of carbonyl (C=O) groups is 2. The number of carbonyl (C=O) groups excluding carboxylic acids is 2. The smallest absolute Gasteiger partial charge is 0.239 e. The number of rotatable bonds is 4. The van der Waals surface area contributed by atoms with E-state index in [2.05, 4.69) is 10.5 Å². The molecule has 1 aliphatic rings. The molecule has 7 heteroatoms. The molecule has 1 fully saturated rings. The van der Waals surface area contributed by atoms with Crippen molar-refractivity contribution in [3.63, 3.8) is 0 Å². The Morgan fingerprint density at radius 3 is 2.68 bits per heavy atom. The van der Waals surface area contributed by atoms with Gasteiger partial charge in [-0.1, -0.05) is 19.0 Å². The van der Waals surface area contributed by atoms with Crippen LogP contribution in [0.15, 0.2) is 5.16 Å². The van der Waals surface area contributed by atoms with E-state index in [0.717, 1.165) is 0 Å². The Hall–Kier alpha value is -1.79. The molecular formula is C12H22N4O3. The highest BCUT2D eigenvalue weighted by atomic mass is 16.4. The second kappa shape index (κ2) is 6.40. The van der Waals surface area contributed by atoms with Crippen molar-refractivity contribution in [2.24, 2.45) is 16.3 Å². The van der Waals surface area contributed by atoms with E-state index in [9.17, 15) is 9.59 Å². The Kier molecular flexibility index (Phi) is 5.14. The largest absolute Gasteiger partial charge is 0.409 e. The van der Waals surface area contributed by atoms with Gasteiger partial charge in [0, 0.05) is 13.1 Å². The fourth-order valence-corrected chi connectivity index (χ4v) is 2.40. The lowest BCUT2D eigenvalue weighted by Gasteiger charge is -2.34. The molecule has 0 radical (unpaired) electrons. The van der Waals surface area contributed by atoms with Crippen molar-refractivity contribution >= 4 is 17.6 Å². The fraction of sp³-hybridized carbons (Fsp3) is 0.750. The summed E-state index contributed by atoms with van der Waals surface area (Å²) in [7, 11) is 0. The summed E-state index contributed by atoms with van der Waals surface area (Å²) < 4.78 is 0. The second-order valence-corrected chi connectivity index (χ2v) is 4.70. The van der Waals surface area contributed by atoms with E-state index < -0.39 is 5.41 Å². The highest BCUT2D eigenvalue weighted by Crippen LogP contribution is 2.29. The van der Waals surface area contributed by atoms with Crippen LogP contribution in [0.1, 0.15) is 33.1 Å². The first-order valence-electron chi connectivity index (χ1n) is 6.56. The summed E-state index contributed by atoms with van der Waals surface area (Å²) in [6, 6.07) is 0. The maximum absolute atomic E-state index is 12.7. The average Bonchev–Trinajstić information content (AvgIpc) is 2.64. The average molecular weight is 270 g/mol. The maximum Gasteiger partial charge on any atom is 0.239 e. The lowest BCUT2D eigenvalue weighted by molar-refractivity contribution is -0.141. The number of nitrogens with zero attached hydrogens (tertiary/aromatic N) is 2. The van der Waals surface area contributed by atoms with Crippen molar-refractivity contribution in [2.75, 3.05) is 19.6 Å². The van der Waals surface area contributed by atoms with Gasteiger partial charge in [0.1, 0.15) is 5.41 Å². The Morgan fingerprint density at radius 1 is 1.53 bits per heavy atom. The van der Waals surface area contributed by atoms with E-state index >= 15 is 0 Å². The Labute approximate surface area is 112 Å². The number of amides is 2. The number of hydrogen-bond acceptors (Lipinski definition) is 4. The van der Waals surface area contributed by atoms with Crippen LogP contribution in [-0.2, 0) is 9.59 Å². The van der Waals surface area contributed by atoms with Crippen LogP contribution >= 0.6 is 0 Å². The molecule has 1 aliphatic heterocycles. The Morgan fingerprint density at radius 2 is 2.16 bits per heavy atom. The van der Waals surface area contributed by atoms with Crippen LogP contribution in [0.5, 0.6) is 0 Å². The van der Waals surface area contributed by atoms with Gasteiger partial charge in [-0.25, -0.2) is 0 Å². The lowest BCUT2D eigenvalue weighted by Crippen LogP contribution is -2.52.